The highest BCUT2D eigenvalue weighted by molar-refractivity contribution is 5.55. The van der Waals surface area contributed by atoms with Crippen LogP contribution in [0.25, 0.3) is 0 Å². The lowest BCUT2D eigenvalue weighted by atomic mass is 10.1. The van der Waals surface area contributed by atoms with Gasteiger partial charge in [-0.15, -0.1) is 0 Å². The Morgan fingerprint density at radius 2 is 1.71 bits per heavy atom. The molecule has 1 atom stereocenters. The lowest BCUT2D eigenvalue weighted by molar-refractivity contribution is 0.323. The van der Waals surface area contributed by atoms with E-state index in [0.717, 1.165) is 11.3 Å². The highest BCUT2D eigenvalue weighted by Crippen LogP contribution is 2.40. The normalized spacial score (nSPS) is 11.6. The van der Waals surface area contributed by atoms with E-state index < -0.39 is 0 Å². The fourth-order valence-corrected chi connectivity index (χ4v) is 2.13. The van der Waals surface area contributed by atoms with E-state index in [-0.39, 0.29) is 6.04 Å². The highest BCUT2D eigenvalue weighted by atomic mass is 16.5. The summed E-state index contributed by atoms with van der Waals surface area (Å²) in [6, 6.07) is 7.82. The van der Waals surface area contributed by atoms with E-state index in [0.29, 0.717) is 17.2 Å². The smallest absolute Gasteiger partial charge is 0.203 e. The van der Waals surface area contributed by atoms with Crippen LogP contribution >= 0.6 is 0 Å². The van der Waals surface area contributed by atoms with Gasteiger partial charge >= 0.3 is 0 Å². The summed E-state index contributed by atoms with van der Waals surface area (Å²) in [6.07, 6.45) is 3.53. The van der Waals surface area contributed by atoms with Gasteiger partial charge in [0.15, 0.2) is 11.5 Å². The number of rotatable bonds is 6. The number of pyridine rings is 1. The van der Waals surface area contributed by atoms with Crippen molar-refractivity contribution in [1.29, 1.82) is 0 Å². The molecule has 0 spiro atoms. The zero-order chi connectivity index (χ0) is 15.2. The quantitative estimate of drug-likeness (QED) is 0.884. The van der Waals surface area contributed by atoms with E-state index in [1.807, 2.05) is 24.3 Å². The van der Waals surface area contributed by atoms with Gasteiger partial charge in [0.1, 0.15) is 0 Å². The second-order valence-electron chi connectivity index (χ2n) is 4.57. The summed E-state index contributed by atoms with van der Waals surface area (Å²) in [7, 11) is 4.82. The minimum Gasteiger partial charge on any atom is -0.493 e. The summed E-state index contributed by atoms with van der Waals surface area (Å²) in [5.41, 5.74) is 1.99. The number of nitrogens with zero attached hydrogens (tertiary/aromatic N) is 1. The Balaban J connectivity index is 2.30. The van der Waals surface area contributed by atoms with Crippen LogP contribution in [-0.2, 0) is 0 Å². The first kappa shape index (κ1) is 15.0. The maximum atomic E-state index is 5.37. The fourth-order valence-electron chi connectivity index (χ4n) is 2.13. The Morgan fingerprint density at radius 3 is 2.19 bits per heavy atom. The molecule has 0 saturated heterocycles. The minimum atomic E-state index is 0.0721. The molecule has 1 unspecified atom stereocenters. The van der Waals surface area contributed by atoms with Gasteiger partial charge in [0.05, 0.1) is 27.0 Å². The molecule has 0 aliphatic carbocycles. The fraction of sp³-hybridized carbons (Fsp3) is 0.312. The lowest BCUT2D eigenvalue weighted by Gasteiger charge is -2.19. The van der Waals surface area contributed by atoms with Crippen LogP contribution in [0.1, 0.15) is 18.5 Å². The summed E-state index contributed by atoms with van der Waals surface area (Å²) >= 11 is 0. The molecule has 0 aliphatic rings. The zero-order valence-electron chi connectivity index (χ0n) is 12.7. The molecule has 1 N–H and O–H groups in total. The molecular weight excluding hydrogens is 268 g/mol. The topological polar surface area (TPSA) is 52.6 Å². The van der Waals surface area contributed by atoms with Crippen molar-refractivity contribution >= 4 is 5.69 Å². The predicted molar refractivity (Wildman–Crippen MR) is 82.4 cm³/mol. The molecule has 0 bridgehead atoms. The van der Waals surface area contributed by atoms with Crippen molar-refractivity contribution in [3.63, 3.8) is 0 Å². The van der Waals surface area contributed by atoms with Crippen molar-refractivity contribution in [2.45, 2.75) is 13.0 Å². The van der Waals surface area contributed by atoms with Gasteiger partial charge < -0.3 is 19.5 Å². The Labute approximate surface area is 124 Å². The van der Waals surface area contributed by atoms with E-state index in [4.69, 9.17) is 14.2 Å². The van der Waals surface area contributed by atoms with Crippen molar-refractivity contribution < 1.29 is 14.2 Å². The molecule has 0 saturated carbocycles. The van der Waals surface area contributed by atoms with Gasteiger partial charge in [-0.2, -0.15) is 0 Å². The number of methoxy groups -OCH3 is 3. The molecule has 5 heteroatoms. The van der Waals surface area contributed by atoms with Crippen LogP contribution in [0.4, 0.5) is 5.69 Å². The molecule has 1 aromatic carbocycles. The maximum absolute atomic E-state index is 5.37. The molecule has 1 aromatic heterocycles. The van der Waals surface area contributed by atoms with E-state index in [1.54, 1.807) is 33.7 Å². The van der Waals surface area contributed by atoms with Gasteiger partial charge in [-0.1, -0.05) is 0 Å². The average molecular weight is 288 g/mol. The third-order valence-electron chi connectivity index (χ3n) is 3.23. The summed E-state index contributed by atoms with van der Waals surface area (Å²) in [5.74, 6) is 1.88. The molecule has 5 nitrogen and oxygen atoms in total. The van der Waals surface area contributed by atoms with Crippen LogP contribution in [0.15, 0.2) is 36.7 Å². The largest absolute Gasteiger partial charge is 0.493 e. The molecule has 112 valence electrons. The Hall–Kier alpha value is -2.43. The highest BCUT2D eigenvalue weighted by Gasteiger charge is 2.16. The number of hydrogen-bond acceptors (Lipinski definition) is 5. The van der Waals surface area contributed by atoms with Crippen molar-refractivity contribution in [3.8, 4) is 17.2 Å². The molecular formula is C16H20N2O3. The van der Waals surface area contributed by atoms with Gasteiger partial charge in [0, 0.05) is 18.4 Å². The second-order valence-corrected chi connectivity index (χ2v) is 4.57. The van der Waals surface area contributed by atoms with Crippen LogP contribution in [0, 0.1) is 0 Å². The molecule has 2 rings (SSSR count). The third-order valence-corrected chi connectivity index (χ3v) is 3.23. The number of nitrogens with one attached hydrogen (secondary N) is 1. The number of benzene rings is 1. The zero-order valence-corrected chi connectivity index (χ0v) is 12.7. The Morgan fingerprint density at radius 1 is 1.05 bits per heavy atom. The van der Waals surface area contributed by atoms with Gasteiger partial charge in [-0.25, -0.2) is 0 Å². The van der Waals surface area contributed by atoms with E-state index in [1.165, 1.54) is 0 Å². The van der Waals surface area contributed by atoms with Crippen LogP contribution in [0.5, 0.6) is 17.2 Å². The SMILES string of the molecule is COc1cc(C(C)Nc2cccnc2)cc(OC)c1OC. The van der Waals surface area contributed by atoms with Crippen molar-refractivity contribution in [1.82, 2.24) is 4.98 Å². The summed E-state index contributed by atoms with van der Waals surface area (Å²) in [4.78, 5) is 4.09. The second kappa shape index (κ2) is 6.83. The van der Waals surface area contributed by atoms with Gasteiger partial charge in [-0.3, -0.25) is 4.98 Å². The summed E-state index contributed by atoms with van der Waals surface area (Å²) in [5, 5.41) is 3.38. The van der Waals surface area contributed by atoms with E-state index in [9.17, 15) is 0 Å². The predicted octanol–water partition coefficient (Wildman–Crippen LogP) is 3.28. The molecule has 2 aromatic rings. The van der Waals surface area contributed by atoms with E-state index in [2.05, 4.69) is 17.2 Å². The van der Waals surface area contributed by atoms with Gasteiger partial charge in [-0.05, 0) is 36.8 Å². The molecule has 0 amide bonds. The van der Waals surface area contributed by atoms with Crippen LogP contribution in [0.3, 0.4) is 0 Å². The number of ether oxygens (including phenoxy) is 3. The van der Waals surface area contributed by atoms with Crippen LogP contribution < -0.4 is 19.5 Å². The molecule has 0 aliphatic heterocycles. The molecule has 21 heavy (non-hydrogen) atoms. The number of aromatic nitrogens is 1. The molecule has 0 radical (unpaired) electrons. The third kappa shape index (κ3) is 3.37. The van der Waals surface area contributed by atoms with Crippen molar-refractivity contribution in [2.24, 2.45) is 0 Å². The first-order valence-corrected chi connectivity index (χ1v) is 6.66. The number of hydrogen-bond donors (Lipinski definition) is 1. The first-order valence-electron chi connectivity index (χ1n) is 6.66. The van der Waals surface area contributed by atoms with Crippen LogP contribution in [-0.4, -0.2) is 26.3 Å². The van der Waals surface area contributed by atoms with Crippen molar-refractivity contribution in [3.05, 3.63) is 42.2 Å². The Kier molecular flexibility index (Phi) is 4.87. The van der Waals surface area contributed by atoms with Crippen LogP contribution in [0.2, 0.25) is 0 Å². The minimum absolute atomic E-state index is 0.0721. The number of anilines is 1. The molecule has 1 heterocycles. The lowest BCUT2D eigenvalue weighted by Crippen LogP contribution is -2.08. The van der Waals surface area contributed by atoms with Gasteiger partial charge in [0.25, 0.3) is 0 Å². The maximum Gasteiger partial charge on any atom is 0.203 e. The van der Waals surface area contributed by atoms with Gasteiger partial charge in [0.2, 0.25) is 5.75 Å². The summed E-state index contributed by atoms with van der Waals surface area (Å²) in [6.45, 7) is 2.06. The molecule has 0 fully saturated rings. The monoisotopic (exact) mass is 288 g/mol. The standard InChI is InChI=1S/C16H20N2O3/c1-11(18-13-6-5-7-17-10-13)12-8-14(19-2)16(21-4)15(9-12)20-3/h5-11,18H,1-4H3. The van der Waals surface area contributed by atoms with Crippen molar-refractivity contribution in [2.75, 3.05) is 26.6 Å². The average Bonchev–Trinajstić information content (AvgIpc) is 2.54. The first-order chi connectivity index (χ1) is 10.2. The Bertz CT molecular complexity index is 562. The van der Waals surface area contributed by atoms with E-state index >= 15 is 0 Å². The summed E-state index contributed by atoms with van der Waals surface area (Å²) < 4.78 is 16.1.